The van der Waals surface area contributed by atoms with Crippen LogP contribution in [-0.2, 0) is 10.2 Å². The van der Waals surface area contributed by atoms with Crippen LogP contribution in [0.25, 0.3) is 11.8 Å². The van der Waals surface area contributed by atoms with Gasteiger partial charge in [0.25, 0.3) is 5.56 Å². The molecule has 0 fully saturated rings. The van der Waals surface area contributed by atoms with E-state index in [4.69, 9.17) is 11.2 Å². The Kier molecular flexibility index (Phi) is 7.15. The Bertz CT molecular complexity index is 1470. The number of ether oxygens (including phenoxy) is 1. The number of benzene rings is 2. The van der Waals surface area contributed by atoms with Gasteiger partial charge >= 0.3 is 5.97 Å². The Hall–Kier alpha value is -4.40. The van der Waals surface area contributed by atoms with Gasteiger partial charge in [0, 0.05) is 24.5 Å². The summed E-state index contributed by atoms with van der Waals surface area (Å²) in [6.07, 6.45) is 7.63. The van der Waals surface area contributed by atoms with Gasteiger partial charge in [-0.05, 0) is 76.6 Å². The molecule has 0 atom stereocenters. The number of terminal acetylenes is 1. The number of carbonyl (C=O) groups excluding carboxylic acids is 1. The Labute approximate surface area is 217 Å². The van der Waals surface area contributed by atoms with Crippen molar-refractivity contribution in [3.63, 3.8) is 0 Å². The predicted octanol–water partition coefficient (Wildman–Crippen LogP) is 5.07. The van der Waals surface area contributed by atoms with Crippen LogP contribution in [0.5, 0.6) is 0 Å². The van der Waals surface area contributed by atoms with Crippen LogP contribution in [0, 0.1) is 12.5 Å². The summed E-state index contributed by atoms with van der Waals surface area (Å²) in [6, 6.07) is 17.5. The first-order valence-electron chi connectivity index (χ1n) is 12.5. The lowest BCUT2D eigenvalue weighted by Crippen LogP contribution is -2.23. The van der Waals surface area contributed by atoms with Crippen LogP contribution >= 0.6 is 0 Å². The molecule has 190 valence electrons. The minimum absolute atomic E-state index is 0.223. The fourth-order valence-corrected chi connectivity index (χ4v) is 4.74. The number of para-hydroxylation sites is 1. The van der Waals surface area contributed by atoms with E-state index in [1.165, 1.54) is 4.68 Å². The number of hydrogen-bond donors (Lipinski definition) is 1. The summed E-state index contributed by atoms with van der Waals surface area (Å²) < 4.78 is 6.54. The Morgan fingerprint density at radius 1 is 1.11 bits per heavy atom. The van der Waals surface area contributed by atoms with Gasteiger partial charge in [-0.15, -0.1) is 0 Å². The molecule has 1 N–H and O–H groups in total. The summed E-state index contributed by atoms with van der Waals surface area (Å²) in [5, 5.41) is 3.26. The monoisotopic (exact) mass is 496 g/mol. The highest BCUT2D eigenvalue weighted by atomic mass is 16.5. The highest BCUT2D eigenvalue weighted by Gasteiger charge is 2.39. The Morgan fingerprint density at radius 2 is 1.78 bits per heavy atom. The lowest BCUT2D eigenvalue weighted by molar-refractivity contribution is 0.0526. The zero-order valence-electron chi connectivity index (χ0n) is 22.0. The van der Waals surface area contributed by atoms with Crippen molar-refractivity contribution in [2.24, 2.45) is 0 Å². The second-order valence-corrected chi connectivity index (χ2v) is 9.20. The van der Waals surface area contributed by atoms with E-state index in [-0.39, 0.29) is 11.0 Å². The summed E-state index contributed by atoms with van der Waals surface area (Å²) in [4.78, 5) is 29.6. The molecule has 0 spiro atoms. The van der Waals surface area contributed by atoms with Crippen molar-refractivity contribution in [3.05, 3.63) is 87.0 Å². The molecule has 1 aliphatic rings. The zero-order valence-corrected chi connectivity index (χ0v) is 22.0. The molecule has 0 saturated heterocycles. The molecule has 0 radical (unpaired) electrons. The van der Waals surface area contributed by atoms with E-state index in [1.807, 2.05) is 32.0 Å². The second kappa shape index (κ2) is 10.3. The minimum Gasteiger partial charge on any atom is -0.462 e. The molecule has 0 amide bonds. The maximum Gasteiger partial charge on any atom is 0.338 e. The SMILES string of the molecule is C#CN1C(=C=Cc2c(N(CC)CC)[nH]n(-c3ccc(C(=O)OCC)cc3)c2=O)C(C)(C)c2ccccc21. The third-order valence-electron chi connectivity index (χ3n) is 6.74. The highest BCUT2D eigenvalue weighted by molar-refractivity contribution is 5.89. The van der Waals surface area contributed by atoms with Gasteiger partial charge in [-0.3, -0.25) is 14.8 Å². The molecule has 1 aromatic heterocycles. The van der Waals surface area contributed by atoms with Crippen LogP contribution in [0.3, 0.4) is 0 Å². The maximum absolute atomic E-state index is 13.7. The standard InChI is InChI=1S/C30H32N4O3/c1-7-32(8-2)27-23(19-20-26-30(5,6)24-13-11-12-14-25(24)33(26)9-3)28(35)34(31-27)22-17-15-21(16-18-22)29(36)37-10-4/h3,11-19,31H,7-8,10H2,1-2,4-6H3. The third kappa shape index (κ3) is 4.48. The molecule has 7 nitrogen and oxygen atoms in total. The number of allylic oxidation sites excluding steroid dienone is 1. The lowest BCUT2D eigenvalue weighted by Gasteiger charge is -2.21. The summed E-state index contributed by atoms with van der Waals surface area (Å²) in [5.41, 5.74) is 7.15. The number of esters is 1. The smallest absolute Gasteiger partial charge is 0.338 e. The lowest BCUT2D eigenvalue weighted by atomic mass is 9.84. The Balaban J connectivity index is 1.85. The fraction of sp³-hybridized carbons (Fsp3) is 0.300. The predicted molar refractivity (Wildman–Crippen MR) is 148 cm³/mol. The van der Waals surface area contributed by atoms with E-state index < -0.39 is 5.97 Å². The molecule has 7 heteroatoms. The Morgan fingerprint density at radius 3 is 2.41 bits per heavy atom. The van der Waals surface area contributed by atoms with Crippen LogP contribution in [0.15, 0.2) is 64.8 Å². The van der Waals surface area contributed by atoms with Gasteiger partial charge in [0.2, 0.25) is 0 Å². The number of fused-ring (bicyclic) bond motifs is 1. The molecule has 4 rings (SSSR count). The molecule has 37 heavy (non-hydrogen) atoms. The number of carbonyl (C=O) groups is 1. The first-order chi connectivity index (χ1) is 17.8. The fourth-order valence-electron chi connectivity index (χ4n) is 4.74. The van der Waals surface area contributed by atoms with Crippen molar-refractivity contribution < 1.29 is 9.53 Å². The number of nitrogens with zero attached hydrogens (tertiary/aromatic N) is 3. The van der Waals surface area contributed by atoms with E-state index in [0.29, 0.717) is 42.3 Å². The molecular weight excluding hydrogens is 464 g/mol. The van der Waals surface area contributed by atoms with E-state index >= 15 is 0 Å². The van der Waals surface area contributed by atoms with E-state index in [1.54, 1.807) is 42.2 Å². The molecule has 0 bridgehead atoms. The van der Waals surface area contributed by atoms with E-state index in [0.717, 1.165) is 16.9 Å². The number of aromatic nitrogens is 2. The maximum atomic E-state index is 13.7. The number of H-pyrrole nitrogens is 1. The van der Waals surface area contributed by atoms with Crippen molar-refractivity contribution in [2.45, 2.75) is 40.0 Å². The zero-order chi connectivity index (χ0) is 26.7. The first kappa shape index (κ1) is 25.7. The van der Waals surface area contributed by atoms with E-state index in [9.17, 15) is 9.59 Å². The molecule has 1 aliphatic heterocycles. The van der Waals surface area contributed by atoms with Gasteiger partial charge in [0.05, 0.1) is 34.8 Å². The largest absolute Gasteiger partial charge is 0.462 e. The van der Waals surface area contributed by atoms with Crippen molar-refractivity contribution in [2.75, 3.05) is 29.5 Å². The van der Waals surface area contributed by atoms with Crippen LogP contribution in [0.4, 0.5) is 11.5 Å². The van der Waals surface area contributed by atoms with Gasteiger partial charge in [0.1, 0.15) is 5.82 Å². The van der Waals surface area contributed by atoms with Gasteiger partial charge in [-0.1, -0.05) is 30.4 Å². The molecule has 2 heterocycles. The summed E-state index contributed by atoms with van der Waals surface area (Å²) >= 11 is 0. The van der Waals surface area contributed by atoms with Crippen LogP contribution in [-0.4, -0.2) is 35.4 Å². The topological polar surface area (TPSA) is 70.6 Å². The number of hydrogen-bond acceptors (Lipinski definition) is 5. The molecule has 0 unspecified atom stereocenters. The molecule has 0 saturated carbocycles. The molecule has 0 aliphatic carbocycles. The van der Waals surface area contributed by atoms with Gasteiger partial charge in [0.15, 0.2) is 0 Å². The summed E-state index contributed by atoms with van der Waals surface area (Å²) in [7, 11) is 0. The van der Waals surface area contributed by atoms with Gasteiger partial charge < -0.3 is 9.64 Å². The third-order valence-corrected chi connectivity index (χ3v) is 6.74. The molecule has 2 aromatic carbocycles. The average molecular weight is 497 g/mol. The van der Waals surface area contributed by atoms with Gasteiger partial charge in [-0.25, -0.2) is 9.48 Å². The average Bonchev–Trinajstić information content (AvgIpc) is 3.34. The number of rotatable bonds is 7. The number of aromatic amines is 1. The van der Waals surface area contributed by atoms with Crippen LogP contribution < -0.4 is 15.4 Å². The van der Waals surface area contributed by atoms with Crippen molar-refractivity contribution in [1.82, 2.24) is 9.78 Å². The summed E-state index contributed by atoms with van der Waals surface area (Å²) in [6.45, 7) is 11.8. The number of nitrogens with one attached hydrogen (secondary N) is 1. The van der Waals surface area contributed by atoms with Gasteiger partial charge in [-0.2, -0.15) is 0 Å². The van der Waals surface area contributed by atoms with Crippen molar-refractivity contribution in [1.29, 1.82) is 0 Å². The highest BCUT2D eigenvalue weighted by Crippen LogP contribution is 2.46. The normalized spacial score (nSPS) is 13.5. The molecular formula is C30H32N4O3. The minimum atomic E-state index is -0.398. The quantitative estimate of drug-likeness (QED) is 0.281. The van der Waals surface area contributed by atoms with E-state index in [2.05, 4.69) is 41.7 Å². The number of anilines is 2. The van der Waals surface area contributed by atoms with Crippen molar-refractivity contribution >= 4 is 23.6 Å². The van der Waals surface area contributed by atoms with Crippen LogP contribution in [0.1, 0.15) is 56.1 Å². The summed E-state index contributed by atoms with van der Waals surface area (Å²) in [5.74, 6) is 0.295. The van der Waals surface area contributed by atoms with Crippen LogP contribution in [0.2, 0.25) is 0 Å². The van der Waals surface area contributed by atoms with Crippen molar-refractivity contribution in [3.8, 4) is 18.2 Å². The second-order valence-electron chi connectivity index (χ2n) is 9.20. The molecule has 3 aromatic rings. The first-order valence-corrected chi connectivity index (χ1v) is 12.5.